The van der Waals surface area contributed by atoms with E-state index in [9.17, 15) is 4.79 Å². The lowest BCUT2D eigenvalue weighted by atomic mass is 10.1. The molecule has 0 radical (unpaired) electrons. The summed E-state index contributed by atoms with van der Waals surface area (Å²) in [7, 11) is 0. The minimum Gasteiger partial charge on any atom is -0.355 e. The van der Waals surface area contributed by atoms with Crippen LogP contribution in [0.25, 0.3) is 11.3 Å². The lowest BCUT2D eigenvalue weighted by Gasteiger charge is -2.00. The molecule has 0 aliphatic heterocycles. The smallest absolute Gasteiger partial charge is 0.273 e. The number of carbonyl (C=O) groups excluding carboxylic acids is 1. The van der Waals surface area contributed by atoms with Gasteiger partial charge in [-0.1, -0.05) is 47.3 Å². The predicted molar refractivity (Wildman–Crippen MR) is 81.4 cm³/mol. The Balaban J connectivity index is 1.51. The number of aromatic amines is 1. The van der Waals surface area contributed by atoms with Crippen LogP contribution in [0.5, 0.6) is 0 Å². The fourth-order valence-corrected chi connectivity index (χ4v) is 2.42. The highest BCUT2D eigenvalue weighted by Gasteiger charge is 2.13. The fourth-order valence-electron chi connectivity index (χ4n) is 1.79. The standard InChI is InChI=1S/C14H13N5O2S/c20-13(15-6-7-22-14-16-9-17-18-14)11-8-12(21-19-11)10-4-2-1-3-5-10/h1-5,8-9H,6-7H2,(H,15,20)(H,16,17,18). The van der Waals surface area contributed by atoms with E-state index < -0.39 is 0 Å². The van der Waals surface area contributed by atoms with Crippen molar-refractivity contribution in [1.29, 1.82) is 0 Å². The molecular weight excluding hydrogens is 302 g/mol. The van der Waals surface area contributed by atoms with Crippen molar-refractivity contribution in [2.45, 2.75) is 5.16 Å². The van der Waals surface area contributed by atoms with Gasteiger partial charge in [0.2, 0.25) is 0 Å². The molecule has 1 amide bonds. The summed E-state index contributed by atoms with van der Waals surface area (Å²) in [5.41, 5.74) is 1.15. The molecule has 0 spiro atoms. The highest BCUT2D eigenvalue weighted by atomic mass is 32.2. The first kappa shape index (κ1) is 14.3. The Kier molecular flexibility index (Phi) is 4.50. The summed E-state index contributed by atoms with van der Waals surface area (Å²) >= 11 is 1.48. The van der Waals surface area contributed by atoms with Gasteiger partial charge in [0.05, 0.1) is 0 Å². The van der Waals surface area contributed by atoms with E-state index in [4.69, 9.17) is 4.52 Å². The van der Waals surface area contributed by atoms with Gasteiger partial charge in [-0.3, -0.25) is 9.89 Å². The van der Waals surface area contributed by atoms with Crippen molar-refractivity contribution in [3.63, 3.8) is 0 Å². The van der Waals surface area contributed by atoms with Gasteiger partial charge in [0, 0.05) is 23.9 Å². The number of H-pyrrole nitrogens is 1. The monoisotopic (exact) mass is 315 g/mol. The number of carbonyl (C=O) groups is 1. The third-order valence-electron chi connectivity index (χ3n) is 2.82. The summed E-state index contributed by atoms with van der Waals surface area (Å²) in [4.78, 5) is 16.0. The van der Waals surface area contributed by atoms with Crippen LogP contribution in [-0.4, -0.2) is 38.5 Å². The van der Waals surface area contributed by atoms with Gasteiger partial charge in [-0.05, 0) is 0 Å². The van der Waals surface area contributed by atoms with Crippen LogP contribution in [0.15, 0.2) is 52.4 Å². The third-order valence-corrected chi connectivity index (χ3v) is 3.70. The molecule has 22 heavy (non-hydrogen) atoms. The van der Waals surface area contributed by atoms with Crippen molar-refractivity contribution in [1.82, 2.24) is 25.7 Å². The molecule has 2 heterocycles. The molecule has 7 nitrogen and oxygen atoms in total. The third kappa shape index (κ3) is 3.53. The molecular formula is C14H13N5O2S. The summed E-state index contributed by atoms with van der Waals surface area (Å²) in [6, 6.07) is 11.1. The average molecular weight is 315 g/mol. The molecule has 2 N–H and O–H groups in total. The maximum atomic E-state index is 12.0. The molecule has 1 aromatic carbocycles. The van der Waals surface area contributed by atoms with Gasteiger partial charge in [-0.25, -0.2) is 4.98 Å². The molecule has 0 saturated carbocycles. The number of benzene rings is 1. The lowest BCUT2D eigenvalue weighted by Crippen LogP contribution is -2.25. The van der Waals surface area contributed by atoms with E-state index in [-0.39, 0.29) is 11.6 Å². The number of hydrogen-bond donors (Lipinski definition) is 2. The Bertz CT molecular complexity index is 727. The number of aromatic nitrogens is 4. The first-order chi connectivity index (χ1) is 10.8. The van der Waals surface area contributed by atoms with Crippen LogP contribution in [0.3, 0.4) is 0 Å². The maximum absolute atomic E-state index is 12.0. The van der Waals surface area contributed by atoms with E-state index in [1.165, 1.54) is 18.1 Å². The second-order valence-electron chi connectivity index (χ2n) is 4.34. The molecule has 0 aliphatic rings. The van der Waals surface area contributed by atoms with Crippen LogP contribution in [0.2, 0.25) is 0 Å². The van der Waals surface area contributed by atoms with Crippen LogP contribution < -0.4 is 5.32 Å². The lowest BCUT2D eigenvalue weighted by molar-refractivity contribution is 0.0947. The molecule has 3 rings (SSSR count). The summed E-state index contributed by atoms with van der Waals surface area (Å²) in [6.07, 6.45) is 1.45. The first-order valence-electron chi connectivity index (χ1n) is 6.61. The highest BCUT2D eigenvalue weighted by molar-refractivity contribution is 7.99. The molecule has 3 aromatic rings. The van der Waals surface area contributed by atoms with Crippen molar-refractivity contribution >= 4 is 17.7 Å². The van der Waals surface area contributed by atoms with Crippen LogP contribution in [0.1, 0.15) is 10.5 Å². The van der Waals surface area contributed by atoms with Crippen molar-refractivity contribution in [2.75, 3.05) is 12.3 Å². The first-order valence-corrected chi connectivity index (χ1v) is 7.60. The van der Waals surface area contributed by atoms with Crippen LogP contribution in [0.4, 0.5) is 0 Å². The number of hydrogen-bond acceptors (Lipinski definition) is 6. The van der Waals surface area contributed by atoms with Gasteiger partial charge < -0.3 is 9.84 Å². The van der Waals surface area contributed by atoms with E-state index >= 15 is 0 Å². The Morgan fingerprint density at radius 3 is 2.95 bits per heavy atom. The van der Waals surface area contributed by atoms with E-state index in [2.05, 4.69) is 25.7 Å². The minimum absolute atomic E-state index is 0.260. The van der Waals surface area contributed by atoms with E-state index in [1.807, 2.05) is 30.3 Å². The molecule has 0 fully saturated rings. The highest BCUT2D eigenvalue weighted by Crippen LogP contribution is 2.19. The maximum Gasteiger partial charge on any atom is 0.273 e. The molecule has 0 saturated heterocycles. The Morgan fingerprint density at radius 1 is 1.32 bits per heavy atom. The fraction of sp³-hybridized carbons (Fsp3) is 0.143. The molecule has 112 valence electrons. The number of nitrogens with zero attached hydrogens (tertiary/aromatic N) is 3. The second-order valence-corrected chi connectivity index (χ2v) is 5.42. The van der Waals surface area contributed by atoms with E-state index in [0.29, 0.717) is 18.1 Å². The molecule has 0 atom stereocenters. The molecule has 0 unspecified atom stereocenters. The van der Waals surface area contributed by atoms with Gasteiger partial charge >= 0.3 is 0 Å². The minimum atomic E-state index is -0.260. The Morgan fingerprint density at radius 2 is 2.18 bits per heavy atom. The molecule has 0 aliphatic carbocycles. The number of rotatable bonds is 6. The van der Waals surface area contributed by atoms with Crippen LogP contribution in [0, 0.1) is 0 Å². The van der Waals surface area contributed by atoms with Crippen molar-refractivity contribution < 1.29 is 9.32 Å². The molecule has 2 aromatic heterocycles. The number of thioether (sulfide) groups is 1. The van der Waals surface area contributed by atoms with Gasteiger partial charge in [0.25, 0.3) is 5.91 Å². The Hall–Kier alpha value is -2.61. The van der Waals surface area contributed by atoms with Crippen LogP contribution in [-0.2, 0) is 0 Å². The summed E-state index contributed by atoms with van der Waals surface area (Å²) in [5.74, 6) is 0.996. The van der Waals surface area contributed by atoms with Crippen LogP contribution >= 0.6 is 11.8 Å². The second kappa shape index (κ2) is 6.90. The summed E-state index contributed by atoms with van der Waals surface area (Å²) in [5, 5.41) is 13.8. The predicted octanol–water partition coefficient (Wildman–Crippen LogP) is 1.98. The number of amides is 1. The van der Waals surface area contributed by atoms with Gasteiger partial charge in [-0.2, -0.15) is 5.10 Å². The average Bonchev–Trinajstić information content (AvgIpc) is 3.24. The topological polar surface area (TPSA) is 96.7 Å². The Labute approximate surface area is 130 Å². The number of nitrogens with one attached hydrogen (secondary N) is 2. The zero-order valence-corrected chi connectivity index (χ0v) is 12.3. The summed E-state index contributed by atoms with van der Waals surface area (Å²) < 4.78 is 5.20. The zero-order valence-electron chi connectivity index (χ0n) is 11.5. The van der Waals surface area contributed by atoms with Crippen molar-refractivity contribution in [3.05, 3.63) is 48.4 Å². The molecule has 8 heteroatoms. The van der Waals surface area contributed by atoms with Gasteiger partial charge in [-0.15, -0.1) is 0 Å². The summed E-state index contributed by atoms with van der Waals surface area (Å²) in [6.45, 7) is 0.498. The normalized spacial score (nSPS) is 10.5. The SMILES string of the molecule is O=C(NCCSc1ncn[nH]1)c1cc(-c2ccccc2)on1. The van der Waals surface area contributed by atoms with E-state index in [1.54, 1.807) is 6.07 Å². The van der Waals surface area contributed by atoms with Gasteiger partial charge in [0.1, 0.15) is 6.33 Å². The van der Waals surface area contributed by atoms with Crippen molar-refractivity contribution in [3.8, 4) is 11.3 Å². The molecule has 0 bridgehead atoms. The largest absolute Gasteiger partial charge is 0.355 e. The van der Waals surface area contributed by atoms with E-state index in [0.717, 1.165) is 10.7 Å². The van der Waals surface area contributed by atoms with Crippen molar-refractivity contribution in [2.24, 2.45) is 0 Å². The van der Waals surface area contributed by atoms with Gasteiger partial charge in [0.15, 0.2) is 16.6 Å². The quantitative estimate of drug-likeness (QED) is 0.533. The zero-order chi connectivity index (χ0) is 15.2.